The first-order valence-corrected chi connectivity index (χ1v) is 7.93. The molecule has 3 nitrogen and oxygen atoms in total. The number of fused-ring (bicyclic) bond motifs is 1. The van der Waals surface area contributed by atoms with Gasteiger partial charge in [0.25, 0.3) is 0 Å². The Morgan fingerprint density at radius 2 is 1.91 bits per heavy atom. The van der Waals surface area contributed by atoms with Crippen LogP contribution in [-0.4, -0.2) is 23.6 Å². The van der Waals surface area contributed by atoms with Crippen LogP contribution in [0.15, 0.2) is 55.6 Å². The molecule has 2 saturated heterocycles. The van der Waals surface area contributed by atoms with Gasteiger partial charge in [0.05, 0.1) is 18.1 Å². The Morgan fingerprint density at radius 1 is 1.23 bits per heavy atom. The van der Waals surface area contributed by atoms with Gasteiger partial charge in [-0.15, -0.1) is 13.2 Å². The Bertz CT molecular complexity index is 556. The fourth-order valence-electron chi connectivity index (χ4n) is 3.79. The number of carbonyl (C=O) groups is 1. The van der Waals surface area contributed by atoms with E-state index < -0.39 is 0 Å². The normalized spacial score (nSPS) is 26.5. The number of piperidine rings is 1. The van der Waals surface area contributed by atoms with Crippen LogP contribution in [-0.2, 0) is 9.53 Å². The first-order chi connectivity index (χ1) is 10.7. The smallest absolute Gasteiger partial charge is 0.232 e. The molecule has 2 atom stereocenters. The largest absolute Gasteiger partial charge is 0.356 e. The third kappa shape index (κ3) is 2.40. The van der Waals surface area contributed by atoms with E-state index in [1.807, 2.05) is 35.3 Å². The van der Waals surface area contributed by atoms with Crippen LogP contribution in [0, 0.1) is 5.41 Å². The van der Waals surface area contributed by atoms with Gasteiger partial charge in [-0.2, -0.15) is 0 Å². The van der Waals surface area contributed by atoms with Gasteiger partial charge in [-0.25, -0.2) is 0 Å². The van der Waals surface area contributed by atoms with Gasteiger partial charge in [0.15, 0.2) is 0 Å². The average Bonchev–Trinajstić information content (AvgIpc) is 2.97. The molecule has 2 aliphatic rings. The molecule has 2 aliphatic heterocycles. The van der Waals surface area contributed by atoms with E-state index in [2.05, 4.69) is 25.3 Å². The van der Waals surface area contributed by atoms with Crippen molar-refractivity contribution in [2.24, 2.45) is 5.41 Å². The molecule has 0 radical (unpaired) electrons. The maximum Gasteiger partial charge on any atom is 0.232 e. The van der Waals surface area contributed by atoms with Crippen LogP contribution in [0.25, 0.3) is 0 Å². The monoisotopic (exact) mass is 297 g/mol. The maximum atomic E-state index is 13.2. The quantitative estimate of drug-likeness (QED) is 0.773. The molecule has 2 fully saturated rings. The molecule has 1 aromatic carbocycles. The summed E-state index contributed by atoms with van der Waals surface area (Å²) in [7, 11) is 0. The van der Waals surface area contributed by atoms with Crippen LogP contribution in [0.3, 0.4) is 0 Å². The zero-order chi connectivity index (χ0) is 15.6. The van der Waals surface area contributed by atoms with E-state index in [9.17, 15) is 4.79 Å². The van der Waals surface area contributed by atoms with E-state index in [1.165, 1.54) is 0 Å². The summed E-state index contributed by atoms with van der Waals surface area (Å²) < 4.78 is 5.90. The highest BCUT2D eigenvalue weighted by Gasteiger charge is 2.51. The summed E-state index contributed by atoms with van der Waals surface area (Å²) in [4.78, 5) is 15.2. The lowest BCUT2D eigenvalue weighted by Crippen LogP contribution is -2.51. The lowest BCUT2D eigenvalue weighted by atomic mass is 9.73. The highest BCUT2D eigenvalue weighted by molar-refractivity contribution is 5.85. The number of hydrogen-bond donors (Lipinski definition) is 0. The molecule has 0 saturated carbocycles. The summed E-state index contributed by atoms with van der Waals surface area (Å²) in [6.45, 7) is 8.27. The Kier molecular flexibility index (Phi) is 4.16. The van der Waals surface area contributed by atoms with Crippen LogP contribution < -0.4 is 0 Å². The van der Waals surface area contributed by atoms with Crippen molar-refractivity contribution < 1.29 is 9.53 Å². The van der Waals surface area contributed by atoms with Crippen LogP contribution >= 0.6 is 0 Å². The molecule has 0 N–H and O–H groups in total. The van der Waals surface area contributed by atoms with Crippen molar-refractivity contribution >= 4 is 5.91 Å². The van der Waals surface area contributed by atoms with Crippen LogP contribution in [0.1, 0.15) is 37.3 Å². The molecule has 1 aromatic rings. The predicted octanol–water partition coefficient (Wildman–Crippen LogP) is 3.85. The molecule has 2 heterocycles. The maximum absolute atomic E-state index is 13.2. The minimum absolute atomic E-state index is 0.0213. The van der Waals surface area contributed by atoms with Gasteiger partial charge in [-0.1, -0.05) is 42.5 Å². The molecular formula is C19H23NO2. The Labute approximate surface area is 132 Å². The summed E-state index contributed by atoms with van der Waals surface area (Å²) in [6, 6.07) is 10.2. The number of rotatable bonds is 5. The lowest BCUT2D eigenvalue weighted by molar-refractivity contribution is -0.157. The molecule has 0 aliphatic carbocycles. The van der Waals surface area contributed by atoms with Crippen molar-refractivity contribution in [2.75, 3.05) is 6.61 Å². The molecule has 3 heteroatoms. The Balaban J connectivity index is 1.93. The zero-order valence-corrected chi connectivity index (χ0v) is 12.9. The Hall–Kier alpha value is -1.87. The fraction of sp³-hybridized carbons (Fsp3) is 0.421. The third-order valence-electron chi connectivity index (χ3n) is 4.91. The number of hydrogen-bond acceptors (Lipinski definition) is 2. The van der Waals surface area contributed by atoms with Gasteiger partial charge in [0.2, 0.25) is 5.91 Å². The van der Waals surface area contributed by atoms with Crippen molar-refractivity contribution in [3.8, 4) is 0 Å². The molecule has 116 valence electrons. The summed E-state index contributed by atoms with van der Waals surface area (Å²) in [6.07, 6.45) is 6.75. The van der Waals surface area contributed by atoms with Crippen molar-refractivity contribution in [1.29, 1.82) is 0 Å². The van der Waals surface area contributed by atoms with E-state index in [-0.39, 0.29) is 23.6 Å². The number of amides is 1. The zero-order valence-electron chi connectivity index (χ0n) is 12.9. The summed E-state index contributed by atoms with van der Waals surface area (Å²) >= 11 is 0. The van der Waals surface area contributed by atoms with E-state index in [0.29, 0.717) is 19.4 Å². The molecule has 1 amide bonds. The molecule has 0 bridgehead atoms. The fourth-order valence-corrected chi connectivity index (χ4v) is 3.79. The van der Waals surface area contributed by atoms with Crippen molar-refractivity contribution in [3.63, 3.8) is 0 Å². The number of nitrogens with zero attached hydrogens (tertiary/aromatic N) is 1. The standard InChI is InChI=1S/C19H23NO2/c1-3-11-19(12-4-2)13-10-17-20(18(19)21)16(14-22-17)15-8-6-5-7-9-15/h3-9,16-17H,1-2,10-14H2/t16-,17+/m0/s1. The highest BCUT2D eigenvalue weighted by Crippen LogP contribution is 2.46. The van der Waals surface area contributed by atoms with Crippen LogP contribution in [0.2, 0.25) is 0 Å². The lowest BCUT2D eigenvalue weighted by Gasteiger charge is -2.43. The second-order valence-electron chi connectivity index (χ2n) is 6.23. The SMILES string of the molecule is C=CCC1(CC=C)CC[C@H]2OC[C@@H](c3ccccc3)N2C1=O. The van der Waals surface area contributed by atoms with Crippen molar-refractivity contribution in [3.05, 3.63) is 61.2 Å². The van der Waals surface area contributed by atoms with E-state index in [4.69, 9.17) is 4.74 Å². The van der Waals surface area contributed by atoms with Crippen LogP contribution in [0.4, 0.5) is 0 Å². The second-order valence-corrected chi connectivity index (χ2v) is 6.23. The second kappa shape index (κ2) is 6.09. The van der Waals surface area contributed by atoms with Gasteiger partial charge in [0.1, 0.15) is 6.23 Å². The molecule has 3 rings (SSSR count). The molecule has 22 heavy (non-hydrogen) atoms. The van der Waals surface area contributed by atoms with Gasteiger partial charge in [-0.3, -0.25) is 4.79 Å². The topological polar surface area (TPSA) is 29.5 Å². The van der Waals surface area contributed by atoms with E-state index in [0.717, 1.165) is 18.4 Å². The molecular weight excluding hydrogens is 274 g/mol. The minimum atomic E-state index is -0.388. The molecule has 0 aromatic heterocycles. The highest BCUT2D eigenvalue weighted by atomic mass is 16.5. The van der Waals surface area contributed by atoms with Gasteiger partial charge in [0, 0.05) is 0 Å². The molecule has 0 unspecified atom stereocenters. The van der Waals surface area contributed by atoms with Gasteiger partial charge < -0.3 is 9.64 Å². The first kappa shape index (κ1) is 15.0. The van der Waals surface area contributed by atoms with Crippen molar-refractivity contribution in [2.45, 2.75) is 38.0 Å². The van der Waals surface area contributed by atoms with Crippen molar-refractivity contribution in [1.82, 2.24) is 4.90 Å². The van der Waals surface area contributed by atoms with Crippen LogP contribution in [0.5, 0.6) is 0 Å². The van der Waals surface area contributed by atoms with E-state index in [1.54, 1.807) is 0 Å². The Morgan fingerprint density at radius 3 is 2.55 bits per heavy atom. The number of ether oxygens (including phenoxy) is 1. The number of carbonyl (C=O) groups excluding carboxylic acids is 1. The molecule has 0 spiro atoms. The summed E-state index contributed by atoms with van der Waals surface area (Å²) in [5.41, 5.74) is 0.757. The van der Waals surface area contributed by atoms with Gasteiger partial charge >= 0.3 is 0 Å². The third-order valence-corrected chi connectivity index (χ3v) is 4.91. The number of allylic oxidation sites excluding steroid dienone is 2. The minimum Gasteiger partial charge on any atom is -0.356 e. The average molecular weight is 297 g/mol. The predicted molar refractivity (Wildman–Crippen MR) is 87.1 cm³/mol. The van der Waals surface area contributed by atoms with E-state index >= 15 is 0 Å². The summed E-state index contributed by atoms with van der Waals surface area (Å²) in [5, 5.41) is 0. The summed E-state index contributed by atoms with van der Waals surface area (Å²) in [5.74, 6) is 0.190. The number of benzene rings is 1. The van der Waals surface area contributed by atoms with Gasteiger partial charge in [-0.05, 0) is 31.2 Å². The first-order valence-electron chi connectivity index (χ1n) is 7.93.